The zero-order valence-electron chi connectivity index (χ0n) is 19.6. The Kier molecular flexibility index (Phi) is 7.87. The Hall–Kier alpha value is -1.36. The summed E-state index contributed by atoms with van der Waals surface area (Å²) in [5, 5.41) is 5.76. The number of hydrogen-bond acceptors (Lipinski definition) is 5. The second kappa shape index (κ2) is 10.5. The lowest BCUT2D eigenvalue weighted by atomic mass is 10.0. The Labute approximate surface area is 214 Å². The molecule has 1 fully saturated rings. The number of nitrogens with zero attached hydrogens (tertiary/aromatic N) is 4. The molecule has 1 amide bonds. The van der Waals surface area contributed by atoms with Crippen molar-refractivity contribution in [3.05, 3.63) is 38.0 Å². The van der Waals surface area contributed by atoms with Crippen LogP contribution in [0.15, 0.2) is 18.2 Å². The minimum atomic E-state index is -0.518. The molecule has 9 heteroatoms. The van der Waals surface area contributed by atoms with E-state index in [4.69, 9.17) is 26.2 Å². The number of benzene rings is 1. The second-order valence-corrected chi connectivity index (χ2v) is 11.2. The van der Waals surface area contributed by atoms with Crippen molar-refractivity contribution in [3.63, 3.8) is 0 Å². The van der Waals surface area contributed by atoms with Gasteiger partial charge in [0.2, 0.25) is 0 Å². The summed E-state index contributed by atoms with van der Waals surface area (Å²) in [5.74, 6) is 0. The average Bonchev–Trinajstić information content (AvgIpc) is 3.13. The molecule has 0 saturated carbocycles. The first-order valence-electron chi connectivity index (χ1n) is 11.5. The molecule has 0 radical (unpaired) electrons. The average molecular weight is 587 g/mol. The number of carbonyl (C=O) groups excluding carboxylic acids is 1. The van der Waals surface area contributed by atoms with Crippen LogP contribution in [0.1, 0.15) is 38.4 Å². The van der Waals surface area contributed by atoms with Crippen molar-refractivity contribution < 1.29 is 14.3 Å². The molecule has 0 N–H and O–H groups in total. The molecular formula is C24H32ClIN4O3. The molecule has 4 rings (SSSR count). The lowest BCUT2D eigenvalue weighted by molar-refractivity contribution is 0.0222. The molecule has 0 aliphatic carbocycles. The molecule has 1 aromatic carbocycles. The van der Waals surface area contributed by atoms with E-state index >= 15 is 0 Å². The van der Waals surface area contributed by atoms with Gasteiger partial charge in [-0.2, -0.15) is 5.10 Å². The number of amides is 1. The normalized spacial score (nSPS) is 17.2. The van der Waals surface area contributed by atoms with Gasteiger partial charge in [-0.25, -0.2) is 4.79 Å². The van der Waals surface area contributed by atoms with Crippen LogP contribution in [0.4, 0.5) is 4.79 Å². The maximum Gasteiger partial charge on any atom is 0.410 e. The maximum absolute atomic E-state index is 12.8. The third-order valence-electron chi connectivity index (χ3n) is 5.93. The van der Waals surface area contributed by atoms with Gasteiger partial charge in [0, 0.05) is 59.5 Å². The number of aryl methyl sites for hydroxylation is 1. The minimum Gasteiger partial charge on any atom is -0.444 e. The highest BCUT2D eigenvalue weighted by atomic mass is 127. The molecule has 2 aliphatic heterocycles. The van der Waals surface area contributed by atoms with Crippen LogP contribution in [0, 0.1) is 3.57 Å². The zero-order valence-corrected chi connectivity index (χ0v) is 22.5. The Bertz CT molecular complexity index is 998. The minimum absolute atomic E-state index is 0.273. The maximum atomic E-state index is 12.8. The highest BCUT2D eigenvalue weighted by Crippen LogP contribution is 2.33. The summed E-state index contributed by atoms with van der Waals surface area (Å²) in [7, 11) is 0. The van der Waals surface area contributed by atoms with Crippen LogP contribution in [0.2, 0.25) is 5.02 Å². The van der Waals surface area contributed by atoms with Crippen LogP contribution in [0.3, 0.4) is 0 Å². The molecular weight excluding hydrogens is 555 g/mol. The first-order valence-corrected chi connectivity index (χ1v) is 13.0. The number of carbonyl (C=O) groups is 1. The third kappa shape index (κ3) is 6.21. The topological polar surface area (TPSA) is 59.8 Å². The predicted octanol–water partition coefficient (Wildman–Crippen LogP) is 4.82. The van der Waals surface area contributed by atoms with Crippen LogP contribution in [-0.2, 0) is 29.0 Å². The van der Waals surface area contributed by atoms with Crippen LogP contribution in [-0.4, -0.2) is 70.7 Å². The van der Waals surface area contributed by atoms with E-state index in [1.165, 1.54) is 5.69 Å². The SMILES string of the molecule is CC(C)(C)OC(=O)N1CCc2c(c(-c3ccc(Cl)c(I)c3)nn2CCCN2CCOCC2)C1. The van der Waals surface area contributed by atoms with Gasteiger partial charge in [-0.05, 0) is 61.9 Å². The summed E-state index contributed by atoms with van der Waals surface area (Å²) in [4.78, 5) is 17.0. The lowest BCUT2D eigenvalue weighted by Crippen LogP contribution is -2.40. The van der Waals surface area contributed by atoms with E-state index in [2.05, 4.69) is 38.2 Å². The summed E-state index contributed by atoms with van der Waals surface area (Å²) in [5.41, 5.74) is 3.77. The lowest BCUT2D eigenvalue weighted by Gasteiger charge is -2.30. The molecule has 33 heavy (non-hydrogen) atoms. The van der Waals surface area contributed by atoms with Crippen LogP contribution < -0.4 is 0 Å². The van der Waals surface area contributed by atoms with E-state index < -0.39 is 5.60 Å². The highest BCUT2D eigenvalue weighted by molar-refractivity contribution is 14.1. The van der Waals surface area contributed by atoms with Crippen molar-refractivity contribution in [1.82, 2.24) is 19.6 Å². The number of fused-ring (bicyclic) bond motifs is 1. The standard InChI is InChI=1S/C24H32ClIN4O3/c1-24(2,3)33-23(31)29-10-7-21-18(16-29)22(17-5-6-19(25)20(26)15-17)27-30(21)9-4-8-28-11-13-32-14-12-28/h5-6,15H,4,7-14,16H2,1-3H3. The van der Waals surface area contributed by atoms with Crippen molar-refractivity contribution in [1.29, 1.82) is 0 Å². The fraction of sp³-hybridized carbons (Fsp3) is 0.583. The molecule has 1 saturated heterocycles. The first-order chi connectivity index (χ1) is 15.7. The fourth-order valence-corrected chi connectivity index (χ4v) is 4.94. The van der Waals surface area contributed by atoms with Crippen molar-refractivity contribution in [2.24, 2.45) is 0 Å². The molecule has 0 unspecified atom stereocenters. The molecule has 180 valence electrons. The van der Waals surface area contributed by atoms with Gasteiger partial charge in [0.25, 0.3) is 0 Å². The fourth-order valence-electron chi connectivity index (χ4n) is 4.30. The molecule has 3 heterocycles. The van der Waals surface area contributed by atoms with Crippen LogP contribution in [0.25, 0.3) is 11.3 Å². The van der Waals surface area contributed by atoms with Gasteiger partial charge in [0.15, 0.2) is 0 Å². The van der Waals surface area contributed by atoms with Gasteiger partial charge in [0.05, 0.1) is 30.5 Å². The van der Waals surface area contributed by atoms with E-state index in [-0.39, 0.29) is 6.09 Å². The summed E-state index contributed by atoms with van der Waals surface area (Å²) in [6, 6.07) is 5.99. The van der Waals surface area contributed by atoms with E-state index in [0.29, 0.717) is 13.1 Å². The quantitative estimate of drug-likeness (QED) is 0.470. The number of morpholine rings is 1. The third-order valence-corrected chi connectivity index (χ3v) is 7.47. The van der Waals surface area contributed by atoms with Gasteiger partial charge >= 0.3 is 6.09 Å². The first kappa shape index (κ1) is 24.8. The number of hydrogen-bond donors (Lipinski definition) is 0. The molecule has 0 bridgehead atoms. The number of aromatic nitrogens is 2. The Morgan fingerprint density at radius 1 is 1.21 bits per heavy atom. The largest absolute Gasteiger partial charge is 0.444 e. The zero-order chi connectivity index (χ0) is 23.6. The Morgan fingerprint density at radius 2 is 1.97 bits per heavy atom. The summed E-state index contributed by atoms with van der Waals surface area (Å²) < 4.78 is 14.2. The molecule has 2 aromatic rings. The second-order valence-electron chi connectivity index (χ2n) is 9.59. The monoisotopic (exact) mass is 586 g/mol. The Balaban J connectivity index is 1.57. The number of ether oxygens (including phenoxy) is 2. The molecule has 7 nitrogen and oxygen atoms in total. The van der Waals surface area contributed by atoms with Crippen molar-refractivity contribution in [3.8, 4) is 11.3 Å². The summed E-state index contributed by atoms with van der Waals surface area (Å²) in [6.07, 6.45) is 1.52. The van der Waals surface area contributed by atoms with Gasteiger partial charge in [-0.15, -0.1) is 0 Å². The van der Waals surface area contributed by atoms with Crippen molar-refractivity contribution in [2.75, 3.05) is 39.4 Å². The van der Waals surface area contributed by atoms with Gasteiger partial charge < -0.3 is 14.4 Å². The molecule has 0 atom stereocenters. The van der Waals surface area contributed by atoms with E-state index in [1.807, 2.05) is 32.9 Å². The number of rotatable bonds is 5. The predicted molar refractivity (Wildman–Crippen MR) is 138 cm³/mol. The highest BCUT2D eigenvalue weighted by Gasteiger charge is 2.30. The van der Waals surface area contributed by atoms with E-state index in [0.717, 1.165) is 77.6 Å². The van der Waals surface area contributed by atoms with Crippen LogP contribution in [0.5, 0.6) is 0 Å². The smallest absolute Gasteiger partial charge is 0.410 e. The van der Waals surface area contributed by atoms with Gasteiger partial charge in [-0.3, -0.25) is 9.58 Å². The van der Waals surface area contributed by atoms with Crippen molar-refractivity contribution in [2.45, 2.75) is 52.3 Å². The van der Waals surface area contributed by atoms with E-state index in [1.54, 1.807) is 4.90 Å². The van der Waals surface area contributed by atoms with Crippen LogP contribution >= 0.6 is 34.2 Å². The van der Waals surface area contributed by atoms with Gasteiger partial charge in [0.1, 0.15) is 5.60 Å². The summed E-state index contributed by atoms with van der Waals surface area (Å²) in [6.45, 7) is 12.3. The Morgan fingerprint density at radius 3 is 2.67 bits per heavy atom. The van der Waals surface area contributed by atoms with Gasteiger partial charge in [-0.1, -0.05) is 17.7 Å². The molecule has 1 aromatic heterocycles. The summed E-state index contributed by atoms with van der Waals surface area (Å²) >= 11 is 8.52. The van der Waals surface area contributed by atoms with Crippen molar-refractivity contribution >= 4 is 40.3 Å². The molecule has 2 aliphatic rings. The molecule has 0 spiro atoms. The van der Waals surface area contributed by atoms with E-state index in [9.17, 15) is 4.79 Å². The number of halogens is 2.